The lowest BCUT2D eigenvalue weighted by Gasteiger charge is -2.12. The summed E-state index contributed by atoms with van der Waals surface area (Å²) in [6.45, 7) is 0. The third-order valence-corrected chi connectivity index (χ3v) is 15.1. The molecule has 5 heterocycles. The number of fused-ring (bicyclic) bond motifs is 15. The predicted molar refractivity (Wildman–Crippen MR) is 265 cm³/mol. The standard InChI is InChI=1S/C56H32N4S2/c1-5-19-47-42(17-1)53-49(27-24-40-38-15-3-7-21-51(38)61-55(40)53)59(47)36-13-9-11-33(29-36)34-23-26-44-45(31-34)57-32-46(58-44)35-12-10-14-37(30-35)60-48-20-6-2-18-43(48)54-50(60)28-25-41-39-16-4-8-22-52(39)62-56(41)54/h1-32H. The van der Waals surface area contributed by atoms with E-state index in [-0.39, 0.29) is 0 Å². The topological polar surface area (TPSA) is 35.6 Å². The molecule has 288 valence electrons. The molecule has 0 aliphatic heterocycles. The zero-order valence-corrected chi connectivity index (χ0v) is 34.7. The van der Waals surface area contributed by atoms with Gasteiger partial charge in [-0.1, -0.05) is 115 Å². The Morgan fingerprint density at radius 1 is 0.355 bits per heavy atom. The van der Waals surface area contributed by atoms with Crippen molar-refractivity contribution in [1.82, 2.24) is 19.1 Å². The van der Waals surface area contributed by atoms with Gasteiger partial charge in [0.1, 0.15) is 0 Å². The van der Waals surface area contributed by atoms with E-state index in [4.69, 9.17) is 9.97 Å². The lowest BCUT2D eigenvalue weighted by molar-refractivity contribution is 1.18. The van der Waals surface area contributed by atoms with Crippen LogP contribution in [-0.2, 0) is 0 Å². The quantitative estimate of drug-likeness (QED) is 0.177. The third kappa shape index (κ3) is 4.87. The molecule has 0 saturated heterocycles. The molecule has 9 aromatic carbocycles. The molecule has 62 heavy (non-hydrogen) atoms. The molecule has 0 saturated carbocycles. The van der Waals surface area contributed by atoms with Crippen molar-refractivity contribution < 1.29 is 0 Å². The maximum atomic E-state index is 5.19. The second kappa shape index (κ2) is 12.9. The Morgan fingerprint density at radius 3 is 1.48 bits per heavy atom. The largest absolute Gasteiger partial charge is 0.309 e. The van der Waals surface area contributed by atoms with Crippen molar-refractivity contribution in [2.45, 2.75) is 0 Å². The maximum Gasteiger partial charge on any atom is 0.0894 e. The molecule has 14 rings (SSSR count). The van der Waals surface area contributed by atoms with Gasteiger partial charge in [0.25, 0.3) is 0 Å². The lowest BCUT2D eigenvalue weighted by atomic mass is 10.0. The van der Waals surface area contributed by atoms with Gasteiger partial charge in [0.2, 0.25) is 0 Å². The van der Waals surface area contributed by atoms with Crippen LogP contribution in [0.3, 0.4) is 0 Å². The highest BCUT2D eigenvalue weighted by atomic mass is 32.1. The van der Waals surface area contributed by atoms with Crippen LogP contribution in [0.2, 0.25) is 0 Å². The van der Waals surface area contributed by atoms with E-state index in [2.05, 4.69) is 197 Å². The van der Waals surface area contributed by atoms with Gasteiger partial charge in [0.15, 0.2) is 0 Å². The number of hydrogen-bond acceptors (Lipinski definition) is 4. The Morgan fingerprint density at radius 2 is 0.871 bits per heavy atom. The lowest BCUT2D eigenvalue weighted by Crippen LogP contribution is -1.95. The van der Waals surface area contributed by atoms with Crippen LogP contribution in [0.25, 0.3) is 129 Å². The van der Waals surface area contributed by atoms with Crippen LogP contribution in [-0.4, -0.2) is 19.1 Å². The minimum atomic E-state index is 0.848. The second-order valence-electron chi connectivity index (χ2n) is 16.1. The van der Waals surface area contributed by atoms with Crippen LogP contribution in [0.1, 0.15) is 0 Å². The molecule has 0 fully saturated rings. The molecule has 0 amide bonds. The van der Waals surface area contributed by atoms with E-state index in [1.54, 1.807) is 0 Å². The molecule has 14 aromatic rings. The van der Waals surface area contributed by atoms with E-state index in [1.807, 2.05) is 28.9 Å². The van der Waals surface area contributed by atoms with Crippen LogP contribution in [0.15, 0.2) is 194 Å². The molecule has 0 bridgehead atoms. The number of benzene rings is 9. The molecule has 0 atom stereocenters. The highest BCUT2D eigenvalue weighted by Crippen LogP contribution is 2.45. The summed E-state index contributed by atoms with van der Waals surface area (Å²) in [6, 6.07) is 68.3. The summed E-state index contributed by atoms with van der Waals surface area (Å²) in [7, 11) is 0. The average Bonchev–Trinajstić information content (AvgIpc) is 4.09. The monoisotopic (exact) mass is 824 g/mol. The van der Waals surface area contributed by atoms with E-state index < -0.39 is 0 Å². The first kappa shape index (κ1) is 34.1. The fourth-order valence-electron chi connectivity index (χ4n) is 9.98. The van der Waals surface area contributed by atoms with Crippen molar-refractivity contribution in [3.8, 4) is 33.8 Å². The van der Waals surface area contributed by atoms with Gasteiger partial charge in [-0.3, -0.25) is 4.98 Å². The van der Waals surface area contributed by atoms with E-state index in [0.717, 1.165) is 44.8 Å². The zero-order chi connectivity index (χ0) is 40.5. The first-order chi connectivity index (χ1) is 30.7. The summed E-state index contributed by atoms with van der Waals surface area (Å²) in [4.78, 5) is 10.2. The summed E-state index contributed by atoms with van der Waals surface area (Å²) in [6.07, 6.45) is 1.92. The van der Waals surface area contributed by atoms with Crippen molar-refractivity contribution in [3.63, 3.8) is 0 Å². The average molecular weight is 825 g/mol. The van der Waals surface area contributed by atoms with Crippen molar-refractivity contribution in [3.05, 3.63) is 194 Å². The zero-order valence-electron chi connectivity index (χ0n) is 33.1. The molecule has 0 aliphatic carbocycles. The second-order valence-corrected chi connectivity index (χ2v) is 18.2. The summed E-state index contributed by atoms with van der Waals surface area (Å²) in [5, 5.41) is 10.4. The minimum absolute atomic E-state index is 0.848. The van der Waals surface area contributed by atoms with Crippen molar-refractivity contribution in [1.29, 1.82) is 0 Å². The smallest absolute Gasteiger partial charge is 0.0894 e. The van der Waals surface area contributed by atoms with E-state index in [0.29, 0.717) is 0 Å². The summed E-state index contributed by atoms with van der Waals surface area (Å²) in [5.41, 5.74) is 12.9. The fraction of sp³-hybridized carbons (Fsp3) is 0. The summed E-state index contributed by atoms with van der Waals surface area (Å²) < 4.78 is 10.1. The molecule has 5 aromatic heterocycles. The summed E-state index contributed by atoms with van der Waals surface area (Å²) >= 11 is 3.77. The highest BCUT2D eigenvalue weighted by Gasteiger charge is 2.20. The van der Waals surface area contributed by atoms with Crippen LogP contribution in [0.5, 0.6) is 0 Å². The third-order valence-electron chi connectivity index (χ3n) is 12.7. The number of thiophene rings is 2. The first-order valence-electron chi connectivity index (χ1n) is 20.9. The molecule has 0 unspecified atom stereocenters. The van der Waals surface area contributed by atoms with Gasteiger partial charge >= 0.3 is 0 Å². The van der Waals surface area contributed by atoms with Gasteiger partial charge in [-0.05, 0) is 83.9 Å². The van der Waals surface area contributed by atoms with Gasteiger partial charge in [0.05, 0.1) is 45.0 Å². The number of hydrogen-bond donors (Lipinski definition) is 0. The van der Waals surface area contributed by atoms with Gasteiger partial charge < -0.3 is 9.13 Å². The van der Waals surface area contributed by atoms with Crippen LogP contribution >= 0.6 is 22.7 Å². The summed E-state index contributed by atoms with van der Waals surface area (Å²) in [5.74, 6) is 0. The Hall–Kier alpha value is -7.64. The van der Waals surface area contributed by atoms with Crippen molar-refractivity contribution in [2.24, 2.45) is 0 Å². The normalized spacial score (nSPS) is 12.2. The molecule has 4 nitrogen and oxygen atoms in total. The minimum Gasteiger partial charge on any atom is -0.309 e. The molecule has 0 spiro atoms. The number of para-hydroxylation sites is 2. The van der Waals surface area contributed by atoms with E-state index >= 15 is 0 Å². The SMILES string of the molecule is c1cc(-c2ccc3nc(-c4cccc(-n5c6ccccc6c6c7sc8ccccc8c7ccc65)c4)cnc3c2)cc(-n2c3ccccc3c3c4sc5ccccc5c4ccc32)c1. The number of rotatable bonds is 4. The Balaban J connectivity index is 0.847. The number of aromatic nitrogens is 4. The van der Waals surface area contributed by atoms with E-state index in [1.165, 1.54) is 84.0 Å². The van der Waals surface area contributed by atoms with Gasteiger partial charge in [-0.15, -0.1) is 22.7 Å². The number of nitrogens with zero attached hydrogens (tertiary/aromatic N) is 4. The maximum absolute atomic E-state index is 5.19. The Kier molecular flexibility index (Phi) is 7.11. The van der Waals surface area contributed by atoms with Gasteiger partial charge in [-0.2, -0.15) is 0 Å². The van der Waals surface area contributed by atoms with Crippen LogP contribution < -0.4 is 0 Å². The highest BCUT2D eigenvalue weighted by molar-refractivity contribution is 7.27. The molecular formula is C56H32N4S2. The van der Waals surface area contributed by atoms with Gasteiger partial charge in [-0.25, -0.2) is 4.98 Å². The van der Waals surface area contributed by atoms with Gasteiger partial charge in [0, 0.05) is 78.8 Å². The van der Waals surface area contributed by atoms with Crippen LogP contribution in [0, 0.1) is 0 Å². The first-order valence-corrected chi connectivity index (χ1v) is 22.5. The molecular weight excluding hydrogens is 793 g/mol. The Bertz CT molecular complexity index is 3910. The Labute approximate surface area is 362 Å². The molecule has 0 N–H and O–H groups in total. The van der Waals surface area contributed by atoms with E-state index in [9.17, 15) is 0 Å². The van der Waals surface area contributed by atoms with Crippen molar-refractivity contribution in [2.75, 3.05) is 0 Å². The fourth-order valence-corrected chi connectivity index (χ4v) is 12.5. The van der Waals surface area contributed by atoms with Crippen LogP contribution in [0.4, 0.5) is 0 Å². The molecule has 6 heteroatoms. The van der Waals surface area contributed by atoms with Crippen molar-refractivity contribution >= 4 is 118 Å². The molecule has 0 radical (unpaired) electrons. The molecule has 0 aliphatic rings. The predicted octanol–water partition coefficient (Wildman–Crippen LogP) is 15.9.